The number of rotatable bonds is 6. The quantitative estimate of drug-likeness (QED) is 0.794. The molecule has 0 aliphatic rings. The predicted molar refractivity (Wildman–Crippen MR) is 65.9 cm³/mol. The van der Waals surface area contributed by atoms with Crippen LogP contribution in [-0.2, 0) is 4.79 Å². The fourth-order valence-electron chi connectivity index (χ4n) is 1.18. The monoisotopic (exact) mass is 258 g/mol. The first-order valence-corrected chi connectivity index (χ1v) is 5.87. The van der Waals surface area contributed by atoms with Crippen LogP contribution < -0.4 is 14.8 Å². The SMILES string of the molecule is CCOc1ccc(NC(=O)CCl)nc1OCC. The number of halogens is 1. The zero-order valence-electron chi connectivity index (χ0n) is 9.83. The first-order chi connectivity index (χ1) is 8.21. The number of alkyl halides is 1. The maximum atomic E-state index is 11.1. The minimum atomic E-state index is -0.314. The molecule has 0 spiro atoms. The Morgan fingerprint density at radius 3 is 2.65 bits per heavy atom. The maximum absolute atomic E-state index is 11.1. The predicted octanol–water partition coefficient (Wildman–Crippen LogP) is 2.06. The van der Waals surface area contributed by atoms with Gasteiger partial charge in [-0.05, 0) is 26.0 Å². The van der Waals surface area contributed by atoms with E-state index in [4.69, 9.17) is 21.1 Å². The van der Waals surface area contributed by atoms with Crippen LogP contribution >= 0.6 is 11.6 Å². The molecule has 0 fully saturated rings. The van der Waals surface area contributed by atoms with E-state index in [-0.39, 0.29) is 11.8 Å². The van der Waals surface area contributed by atoms with E-state index < -0.39 is 0 Å². The maximum Gasteiger partial charge on any atom is 0.258 e. The molecule has 0 unspecified atom stereocenters. The van der Waals surface area contributed by atoms with Crippen molar-refractivity contribution in [1.82, 2.24) is 4.98 Å². The number of nitrogens with zero attached hydrogens (tertiary/aromatic N) is 1. The summed E-state index contributed by atoms with van der Waals surface area (Å²) in [6, 6.07) is 3.34. The van der Waals surface area contributed by atoms with Gasteiger partial charge in [-0.3, -0.25) is 4.79 Å². The first kappa shape index (κ1) is 13.6. The summed E-state index contributed by atoms with van der Waals surface area (Å²) < 4.78 is 10.7. The van der Waals surface area contributed by atoms with Crippen molar-refractivity contribution < 1.29 is 14.3 Å². The Bertz CT molecular complexity index is 385. The molecule has 0 aliphatic carbocycles. The van der Waals surface area contributed by atoms with Crippen LogP contribution in [0.2, 0.25) is 0 Å². The molecule has 0 radical (unpaired) electrons. The van der Waals surface area contributed by atoms with Crippen molar-refractivity contribution in [3.05, 3.63) is 12.1 Å². The lowest BCUT2D eigenvalue weighted by molar-refractivity contribution is -0.113. The number of carbonyl (C=O) groups excluding carboxylic acids is 1. The second-order valence-corrected chi connectivity index (χ2v) is 3.31. The Morgan fingerprint density at radius 1 is 1.35 bits per heavy atom. The number of hydrogen-bond donors (Lipinski definition) is 1. The van der Waals surface area contributed by atoms with Crippen molar-refractivity contribution in [2.45, 2.75) is 13.8 Å². The highest BCUT2D eigenvalue weighted by Gasteiger charge is 2.09. The van der Waals surface area contributed by atoms with Gasteiger partial charge in [0.1, 0.15) is 11.7 Å². The van der Waals surface area contributed by atoms with E-state index >= 15 is 0 Å². The van der Waals surface area contributed by atoms with E-state index in [1.165, 1.54) is 0 Å². The number of nitrogens with one attached hydrogen (secondary N) is 1. The molecule has 94 valence electrons. The van der Waals surface area contributed by atoms with E-state index in [9.17, 15) is 4.79 Å². The zero-order chi connectivity index (χ0) is 12.7. The Hall–Kier alpha value is -1.49. The normalized spacial score (nSPS) is 9.82. The van der Waals surface area contributed by atoms with Crippen LogP contribution in [0, 0.1) is 0 Å². The van der Waals surface area contributed by atoms with Crippen LogP contribution in [-0.4, -0.2) is 30.0 Å². The molecule has 6 heteroatoms. The average Bonchev–Trinajstić information content (AvgIpc) is 2.33. The fraction of sp³-hybridized carbons (Fsp3) is 0.455. The third-order valence-electron chi connectivity index (χ3n) is 1.80. The highest BCUT2D eigenvalue weighted by Crippen LogP contribution is 2.26. The molecule has 0 aromatic carbocycles. The van der Waals surface area contributed by atoms with Crippen LogP contribution in [0.1, 0.15) is 13.8 Å². The van der Waals surface area contributed by atoms with Crippen molar-refractivity contribution in [2.24, 2.45) is 0 Å². The molecule has 1 aromatic heterocycles. The molecule has 1 N–H and O–H groups in total. The molecule has 1 amide bonds. The van der Waals surface area contributed by atoms with Gasteiger partial charge in [0.05, 0.1) is 13.2 Å². The van der Waals surface area contributed by atoms with Gasteiger partial charge in [-0.25, -0.2) is 0 Å². The van der Waals surface area contributed by atoms with E-state index in [1.54, 1.807) is 12.1 Å². The standard InChI is InChI=1S/C11H15ClN2O3/c1-3-16-8-5-6-9(13-10(15)7-12)14-11(8)17-4-2/h5-6H,3-4,7H2,1-2H3,(H,13,14,15). The molecule has 5 nitrogen and oxygen atoms in total. The number of ether oxygens (including phenoxy) is 2. The van der Waals surface area contributed by atoms with Crippen LogP contribution in [0.5, 0.6) is 11.6 Å². The Balaban J connectivity index is 2.88. The van der Waals surface area contributed by atoms with Gasteiger partial charge in [0.25, 0.3) is 5.88 Å². The summed E-state index contributed by atoms with van der Waals surface area (Å²) in [6.45, 7) is 4.72. The van der Waals surface area contributed by atoms with Crippen molar-refractivity contribution in [3.8, 4) is 11.6 Å². The van der Waals surface area contributed by atoms with Gasteiger partial charge in [-0.15, -0.1) is 11.6 Å². The summed E-state index contributed by atoms with van der Waals surface area (Å²) in [7, 11) is 0. The Labute approximate surface area is 105 Å². The summed E-state index contributed by atoms with van der Waals surface area (Å²) in [5.41, 5.74) is 0. The zero-order valence-corrected chi connectivity index (χ0v) is 10.6. The number of aromatic nitrogens is 1. The molecule has 0 bridgehead atoms. The molecule has 1 aromatic rings. The van der Waals surface area contributed by atoms with Crippen LogP contribution in [0.25, 0.3) is 0 Å². The highest BCUT2D eigenvalue weighted by atomic mass is 35.5. The molecule has 0 saturated heterocycles. The van der Waals surface area contributed by atoms with E-state index in [0.29, 0.717) is 30.7 Å². The van der Waals surface area contributed by atoms with Crippen molar-refractivity contribution in [3.63, 3.8) is 0 Å². The average molecular weight is 259 g/mol. The molecule has 0 saturated carbocycles. The second kappa shape index (κ2) is 6.96. The third-order valence-corrected chi connectivity index (χ3v) is 2.04. The topological polar surface area (TPSA) is 60.5 Å². The van der Waals surface area contributed by atoms with E-state index in [2.05, 4.69) is 10.3 Å². The third kappa shape index (κ3) is 4.11. The van der Waals surface area contributed by atoms with Gasteiger partial charge in [-0.1, -0.05) is 0 Å². The lowest BCUT2D eigenvalue weighted by atomic mass is 10.4. The minimum Gasteiger partial charge on any atom is -0.488 e. The second-order valence-electron chi connectivity index (χ2n) is 3.05. The first-order valence-electron chi connectivity index (χ1n) is 5.33. The number of hydrogen-bond acceptors (Lipinski definition) is 4. The van der Waals surface area contributed by atoms with Crippen LogP contribution in [0.3, 0.4) is 0 Å². The molecule has 0 atom stereocenters. The molecular weight excluding hydrogens is 244 g/mol. The van der Waals surface area contributed by atoms with Crippen molar-refractivity contribution in [1.29, 1.82) is 0 Å². The molecular formula is C11H15ClN2O3. The van der Waals surface area contributed by atoms with Gasteiger partial charge >= 0.3 is 0 Å². The molecule has 0 aliphatic heterocycles. The summed E-state index contributed by atoms with van der Waals surface area (Å²) >= 11 is 5.39. The van der Waals surface area contributed by atoms with Gasteiger partial charge in [-0.2, -0.15) is 4.98 Å². The number of anilines is 1. The fourth-order valence-corrected chi connectivity index (χ4v) is 1.25. The largest absolute Gasteiger partial charge is 0.488 e. The Morgan fingerprint density at radius 2 is 2.06 bits per heavy atom. The summed E-state index contributed by atoms with van der Waals surface area (Å²) in [5, 5.41) is 2.54. The lowest BCUT2D eigenvalue weighted by Gasteiger charge is -2.11. The molecule has 1 heterocycles. The minimum absolute atomic E-state index is 0.112. The number of amides is 1. The summed E-state index contributed by atoms with van der Waals surface area (Å²) in [4.78, 5) is 15.2. The lowest BCUT2D eigenvalue weighted by Crippen LogP contribution is -2.14. The van der Waals surface area contributed by atoms with E-state index in [1.807, 2.05) is 13.8 Å². The molecule has 17 heavy (non-hydrogen) atoms. The summed E-state index contributed by atoms with van der Waals surface area (Å²) in [6.07, 6.45) is 0. The summed E-state index contributed by atoms with van der Waals surface area (Å²) in [5.74, 6) is 0.882. The van der Waals surface area contributed by atoms with Gasteiger partial charge in [0.2, 0.25) is 5.91 Å². The van der Waals surface area contributed by atoms with Gasteiger partial charge in [0.15, 0.2) is 5.75 Å². The van der Waals surface area contributed by atoms with Crippen molar-refractivity contribution in [2.75, 3.05) is 24.4 Å². The number of carbonyl (C=O) groups is 1. The van der Waals surface area contributed by atoms with Gasteiger partial charge < -0.3 is 14.8 Å². The number of pyridine rings is 1. The van der Waals surface area contributed by atoms with E-state index in [0.717, 1.165) is 0 Å². The van der Waals surface area contributed by atoms with Crippen LogP contribution in [0.4, 0.5) is 5.82 Å². The smallest absolute Gasteiger partial charge is 0.258 e. The van der Waals surface area contributed by atoms with Gasteiger partial charge in [0, 0.05) is 0 Å². The van der Waals surface area contributed by atoms with Crippen molar-refractivity contribution >= 4 is 23.3 Å². The molecule has 1 rings (SSSR count). The van der Waals surface area contributed by atoms with Crippen LogP contribution in [0.15, 0.2) is 12.1 Å². The Kier molecular flexibility index (Phi) is 5.56. The highest BCUT2D eigenvalue weighted by molar-refractivity contribution is 6.29.